The Kier molecular flexibility index (Phi) is 2.73. The number of hydrogen-bond acceptors (Lipinski definition) is 3. The summed E-state index contributed by atoms with van der Waals surface area (Å²) in [6.07, 6.45) is 2.71. The fourth-order valence-corrected chi connectivity index (χ4v) is 3.37. The zero-order valence-electron chi connectivity index (χ0n) is 10.6. The summed E-state index contributed by atoms with van der Waals surface area (Å²) in [4.78, 5) is 5.32. The van der Waals surface area contributed by atoms with Gasteiger partial charge in [0.1, 0.15) is 0 Å². The minimum atomic E-state index is 0.652. The van der Waals surface area contributed by atoms with Crippen LogP contribution in [-0.2, 0) is 4.74 Å². The Balaban J connectivity index is 1.51. The zero-order chi connectivity index (χ0) is 11.2. The third-order valence-corrected chi connectivity index (χ3v) is 4.90. The van der Waals surface area contributed by atoms with Crippen molar-refractivity contribution in [3.63, 3.8) is 0 Å². The lowest BCUT2D eigenvalue weighted by molar-refractivity contribution is -0.128. The highest BCUT2D eigenvalue weighted by Gasteiger charge is 2.50. The van der Waals surface area contributed by atoms with E-state index in [2.05, 4.69) is 23.6 Å². The van der Waals surface area contributed by atoms with Gasteiger partial charge in [-0.1, -0.05) is 6.92 Å². The summed E-state index contributed by atoms with van der Waals surface area (Å²) in [5.74, 6) is 0. The highest BCUT2D eigenvalue weighted by Crippen LogP contribution is 2.42. The summed E-state index contributed by atoms with van der Waals surface area (Å²) in [5, 5.41) is 0. The molecular weight excluding hydrogens is 200 g/mol. The molecule has 1 spiro atoms. The maximum atomic E-state index is 5.27. The molecule has 3 nitrogen and oxygen atoms in total. The first-order chi connectivity index (χ1) is 7.72. The Morgan fingerprint density at radius 1 is 1.31 bits per heavy atom. The highest BCUT2D eigenvalue weighted by molar-refractivity contribution is 5.04. The van der Waals surface area contributed by atoms with Crippen LogP contribution < -0.4 is 0 Å². The molecule has 1 atom stereocenters. The number of rotatable bonds is 3. The van der Waals surface area contributed by atoms with Crippen molar-refractivity contribution in [1.82, 2.24) is 9.80 Å². The lowest BCUT2D eigenvalue weighted by Gasteiger charge is -2.53. The largest absolute Gasteiger partial charge is 0.378 e. The van der Waals surface area contributed by atoms with Gasteiger partial charge in [-0.15, -0.1) is 0 Å². The van der Waals surface area contributed by atoms with Crippen LogP contribution in [0.15, 0.2) is 0 Å². The number of nitrogens with zero attached hydrogens (tertiary/aromatic N) is 2. The van der Waals surface area contributed by atoms with E-state index in [9.17, 15) is 0 Å². The maximum absolute atomic E-state index is 5.27. The van der Waals surface area contributed by atoms with Gasteiger partial charge >= 0.3 is 0 Å². The molecule has 0 aliphatic carbocycles. The molecule has 0 aromatic carbocycles. The first-order valence-corrected chi connectivity index (χ1v) is 6.78. The fraction of sp³-hybridized carbons (Fsp3) is 1.00. The molecule has 3 heteroatoms. The minimum absolute atomic E-state index is 0.652. The van der Waals surface area contributed by atoms with Crippen molar-refractivity contribution in [2.24, 2.45) is 5.41 Å². The Morgan fingerprint density at radius 3 is 2.62 bits per heavy atom. The SMILES string of the molecule is CCC(C)N1CCC2(C1)CN(C1COC1)C2. The van der Waals surface area contributed by atoms with Gasteiger partial charge in [0.2, 0.25) is 0 Å². The van der Waals surface area contributed by atoms with Crippen LogP contribution in [0.2, 0.25) is 0 Å². The average molecular weight is 224 g/mol. The van der Waals surface area contributed by atoms with E-state index in [1.54, 1.807) is 0 Å². The van der Waals surface area contributed by atoms with Crippen LogP contribution in [0.3, 0.4) is 0 Å². The van der Waals surface area contributed by atoms with Crippen LogP contribution in [0.5, 0.6) is 0 Å². The van der Waals surface area contributed by atoms with Crippen LogP contribution in [0.4, 0.5) is 0 Å². The summed E-state index contributed by atoms with van der Waals surface area (Å²) >= 11 is 0. The third-order valence-electron chi connectivity index (χ3n) is 4.90. The van der Waals surface area contributed by atoms with E-state index in [-0.39, 0.29) is 0 Å². The maximum Gasteiger partial charge on any atom is 0.0645 e. The van der Waals surface area contributed by atoms with Crippen molar-refractivity contribution >= 4 is 0 Å². The van der Waals surface area contributed by atoms with Gasteiger partial charge in [0.15, 0.2) is 0 Å². The molecule has 3 aliphatic rings. The molecule has 3 rings (SSSR count). The molecule has 3 heterocycles. The predicted octanol–water partition coefficient (Wildman–Crippen LogP) is 1.19. The van der Waals surface area contributed by atoms with E-state index >= 15 is 0 Å². The molecule has 0 saturated carbocycles. The topological polar surface area (TPSA) is 15.7 Å². The fourth-order valence-electron chi connectivity index (χ4n) is 3.37. The summed E-state index contributed by atoms with van der Waals surface area (Å²) in [5.41, 5.74) is 0.652. The zero-order valence-corrected chi connectivity index (χ0v) is 10.6. The van der Waals surface area contributed by atoms with Crippen molar-refractivity contribution in [3.05, 3.63) is 0 Å². The Bertz CT molecular complexity index is 259. The summed E-state index contributed by atoms with van der Waals surface area (Å²) in [6, 6.07) is 1.53. The van der Waals surface area contributed by atoms with Crippen LogP contribution in [0.25, 0.3) is 0 Å². The molecular formula is C13H24N2O. The molecule has 0 radical (unpaired) electrons. The van der Waals surface area contributed by atoms with E-state index in [4.69, 9.17) is 4.74 Å². The van der Waals surface area contributed by atoms with Crippen LogP contribution in [-0.4, -0.2) is 61.3 Å². The predicted molar refractivity (Wildman–Crippen MR) is 64.6 cm³/mol. The second-order valence-corrected chi connectivity index (χ2v) is 6.07. The quantitative estimate of drug-likeness (QED) is 0.716. The standard InChI is InChI=1S/C13H24N2O/c1-3-11(2)14-5-4-13(8-14)9-15(10-13)12-6-16-7-12/h11-12H,3-10H2,1-2H3. The number of hydrogen-bond donors (Lipinski definition) is 0. The molecule has 0 aromatic heterocycles. The van der Waals surface area contributed by atoms with Crippen molar-refractivity contribution in [2.45, 2.75) is 38.8 Å². The average Bonchev–Trinajstić information content (AvgIpc) is 2.58. The highest BCUT2D eigenvalue weighted by atomic mass is 16.5. The Labute approximate surface area is 98.7 Å². The minimum Gasteiger partial charge on any atom is -0.378 e. The van der Waals surface area contributed by atoms with Gasteiger partial charge in [-0.2, -0.15) is 0 Å². The molecule has 3 fully saturated rings. The van der Waals surface area contributed by atoms with Gasteiger partial charge < -0.3 is 4.74 Å². The van der Waals surface area contributed by atoms with E-state index in [0.29, 0.717) is 5.41 Å². The summed E-state index contributed by atoms with van der Waals surface area (Å²) < 4.78 is 5.27. The van der Waals surface area contributed by atoms with Crippen molar-refractivity contribution in [2.75, 3.05) is 39.4 Å². The van der Waals surface area contributed by atoms with Crippen molar-refractivity contribution in [1.29, 1.82) is 0 Å². The molecule has 16 heavy (non-hydrogen) atoms. The number of likely N-dealkylation sites (tertiary alicyclic amines) is 2. The van der Waals surface area contributed by atoms with Crippen LogP contribution in [0, 0.1) is 5.41 Å². The second-order valence-electron chi connectivity index (χ2n) is 6.07. The number of ether oxygens (including phenoxy) is 1. The monoisotopic (exact) mass is 224 g/mol. The van der Waals surface area contributed by atoms with E-state index in [1.807, 2.05) is 0 Å². The second kappa shape index (κ2) is 3.97. The van der Waals surface area contributed by atoms with Crippen LogP contribution in [0.1, 0.15) is 26.7 Å². The van der Waals surface area contributed by atoms with E-state index in [1.165, 1.54) is 39.0 Å². The molecule has 3 aliphatic heterocycles. The molecule has 92 valence electrons. The van der Waals surface area contributed by atoms with Gasteiger partial charge in [-0.3, -0.25) is 9.80 Å². The van der Waals surface area contributed by atoms with Crippen molar-refractivity contribution in [3.8, 4) is 0 Å². The first-order valence-electron chi connectivity index (χ1n) is 6.78. The third kappa shape index (κ3) is 1.69. The van der Waals surface area contributed by atoms with Crippen LogP contribution >= 0.6 is 0 Å². The first kappa shape index (κ1) is 11.0. The van der Waals surface area contributed by atoms with Gasteiger partial charge in [0.25, 0.3) is 0 Å². The molecule has 0 aromatic rings. The van der Waals surface area contributed by atoms with Gasteiger partial charge in [-0.25, -0.2) is 0 Å². The van der Waals surface area contributed by atoms with Crippen molar-refractivity contribution < 1.29 is 4.74 Å². The Morgan fingerprint density at radius 2 is 2.06 bits per heavy atom. The molecule has 0 bridgehead atoms. The summed E-state index contributed by atoms with van der Waals surface area (Å²) in [6.45, 7) is 11.9. The van der Waals surface area contributed by atoms with Gasteiger partial charge in [0, 0.05) is 31.1 Å². The van der Waals surface area contributed by atoms with Gasteiger partial charge in [-0.05, 0) is 26.3 Å². The lowest BCUT2D eigenvalue weighted by atomic mass is 9.78. The van der Waals surface area contributed by atoms with E-state index < -0.39 is 0 Å². The summed E-state index contributed by atoms with van der Waals surface area (Å²) in [7, 11) is 0. The molecule has 3 saturated heterocycles. The smallest absolute Gasteiger partial charge is 0.0645 e. The normalized spacial score (nSPS) is 32.6. The lowest BCUT2D eigenvalue weighted by Crippen LogP contribution is -2.65. The Hall–Kier alpha value is -0.120. The van der Waals surface area contributed by atoms with E-state index in [0.717, 1.165) is 25.3 Å². The molecule has 0 amide bonds. The molecule has 1 unspecified atom stereocenters. The van der Waals surface area contributed by atoms with Gasteiger partial charge in [0.05, 0.1) is 19.3 Å². The molecule has 0 N–H and O–H groups in total.